The van der Waals surface area contributed by atoms with Crippen molar-refractivity contribution in [2.24, 2.45) is 0 Å². The van der Waals surface area contributed by atoms with Crippen LogP contribution in [0, 0.1) is 22.7 Å². The third kappa shape index (κ3) is 24.4. The van der Waals surface area contributed by atoms with Crippen LogP contribution < -0.4 is 26.6 Å². The van der Waals surface area contributed by atoms with E-state index in [0.29, 0.717) is 78.6 Å². The molecule has 0 aliphatic rings. The van der Waals surface area contributed by atoms with E-state index in [1.165, 1.54) is 0 Å². The van der Waals surface area contributed by atoms with Crippen LogP contribution in [0.25, 0.3) is 111 Å². The first kappa shape index (κ1) is 103. The molecule has 20 aromatic rings. The van der Waals surface area contributed by atoms with E-state index in [1.54, 1.807) is 30.6 Å². The van der Waals surface area contributed by atoms with Crippen LogP contribution in [0.2, 0.25) is 0 Å². The highest BCUT2D eigenvalue weighted by Crippen LogP contribution is 2.42. The zero-order chi connectivity index (χ0) is 104. The Kier molecular flexibility index (Phi) is 34.7. The highest BCUT2D eigenvalue weighted by atomic mass is 16.3. The second kappa shape index (κ2) is 50.3. The minimum absolute atomic E-state index is 0.0319. The summed E-state index contributed by atoms with van der Waals surface area (Å²) in [6, 6.07) is 132. The molecule has 5 amide bonds. The third-order valence-corrected chi connectivity index (χ3v) is 25.9. The van der Waals surface area contributed by atoms with Crippen LogP contribution in [-0.2, 0) is 12.8 Å². The molecule has 6 heterocycles. The van der Waals surface area contributed by atoms with Crippen molar-refractivity contribution in [1.29, 1.82) is 10.5 Å². The summed E-state index contributed by atoms with van der Waals surface area (Å²) in [6.45, 7) is 10.3. The average Bonchev–Trinajstić information content (AvgIpc) is 0.794. The fourth-order valence-corrected chi connectivity index (χ4v) is 18.5. The number of aromatic hydroxyl groups is 3. The van der Waals surface area contributed by atoms with Crippen molar-refractivity contribution < 1.29 is 39.3 Å². The summed E-state index contributed by atoms with van der Waals surface area (Å²) in [6.07, 6.45) is 7.40. The Morgan fingerprint density at radius 2 is 0.456 bits per heavy atom. The van der Waals surface area contributed by atoms with E-state index in [0.717, 1.165) is 114 Å². The third-order valence-electron chi connectivity index (χ3n) is 25.9. The topological polar surface area (TPSA) is 331 Å². The summed E-state index contributed by atoms with van der Waals surface area (Å²) in [5.74, 6) is -1.72. The molecule has 2 unspecified atom stereocenters. The van der Waals surface area contributed by atoms with Gasteiger partial charge in [0.25, 0.3) is 29.5 Å². The van der Waals surface area contributed by atoms with Gasteiger partial charge in [-0.3, -0.25) is 29.0 Å². The zero-order valence-corrected chi connectivity index (χ0v) is 83.1. The second-order valence-corrected chi connectivity index (χ2v) is 35.3. The Bertz CT molecular complexity index is 7960. The molecular formula is C128H111N13O8. The van der Waals surface area contributed by atoms with E-state index in [4.69, 9.17) is 9.97 Å². The molecule has 21 nitrogen and oxygen atoms in total. The molecule has 0 aliphatic carbocycles. The number of hydrogen-bond donors (Lipinski definition) is 8. The molecule has 0 spiro atoms. The lowest BCUT2D eigenvalue weighted by molar-refractivity contribution is 0.0926. The van der Waals surface area contributed by atoms with E-state index in [-0.39, 0.29) is 94.6 Å². The number of hydrogen-bond acceptors (Lipinski definition) is 16. The van der Waals surface area contributed by atoms with Crippen molar-refractivity contribution in [3.8, 4) is 85.7 Å². The van der Waals surface area contributed by atoms with Crippen molar-refractivity contribution in [1.82, 2.24) is 56.5 Å². The molecule has 20 rings (SSSR count). The van der Waals surface area contributed by atoms with Gasteiger partial charge in [-0.1, -0.05) is 399 Å². The van der Waals surface area contributed by atoms with Crippen LogP contribution in [0.5, 0.6) is 17.2 Å². The monoisotopic (exact) mass is 1960 g/mol. The van der Waals surface area contributed by atoms with Crippen LogP contribution in [0.15, 0.2) is 419 Å². The van der Waals surface area contributed by atoms with Crippen LogP contribution in [-0.4, -0.2) is 74.8 Å². The number of nitrogens with zero attached hydrogens (tertiary/aromatic N) is 8. The van der Waals surface area contributed by atoms with Crippen molar-refractivity contribution in [2.75, 3.05) is 0 Å². The van der Waals surface area contributed by atoms with Crippen molar-refractivity contribution >= 4 is 84.1 Å². The van der Waals surface area contributed by atoms with Gasteiger partial charge >= 0.3 is 0 Å². The minimum Gasteiger partial charge on any atom is -0.505 e. The van der Waals surface area contributed by atoms with Gasteiger partial charge in [-0.15, -0.1) is 0 Å². The number of para-hydroxylation sites is 5. The van der Waals surface area contributed by atoms with Crippen molar-refractivity contribution in [3.05, 3.63) is 486 Å². The van der Waals surface area contributed by atoms with Crippen LogP contribution >= 0.6 is 0 Å². The second-order valence-electron chi connectivity index (χ2n) is 35.3. The first-order valence-electron chi connectivity index (χ1n) is 49.8. The SMILES string of the molecule is CCC(NC(=O)c1c(O)c(-c2ccccc2)nc2ccccc12)c1ccccc1.CCC(NC(=O)c1c(O)c(-c2ccccc2)nc2ccccc12)c1ccncc1.CC[C@H](NC(=O)c1c(CC#N)c(-c2ccccc2)nc2ccccc12)c1ccccc1.CCc1c(-c2ccccc2)nc2ccccc2c1C(=O)N[C@@H](CC)c1ccccc1.N#CC[C@H](NC(=O)c1c(O)c(-c2ccccc2)nc2ccccc12)c1ccccc1. The Morgan fingerprint density at radius 3 is 0.718 bits per heavy atom. The van der Waals surface area contributed by atoms with Gasteiger partial charge in [0.15, 0.2) is 17.2 Å². The average molecular weight is 1960 g/mol. The number of fused-ring (bicyclic) bond motifs is 5. The normalized spacial score (nSPS) is 11.8. The van der Waals surface area contributed by atoms with Gasteiger partial charge < -0.3 is 41.9 Å². The number of amides is 5. The molecule has 14 aromatic carbocycles. The number of carbonyl (C=O) groups is 5. The van der Waals surface area contributed by atoms with Crippen LogP contribution in [0.3, 0.4) is 0 Å². The van der Waals surface area contributed by atoms with Gasteiger partial charge in [-0.2, -0.15) is 10.5 Å². The molecule has 5 atom stereocenters. The van der Waals surface area contributed by atoms with E-state index in [9.17, 15) is 49.8 Å². The number of rotatable bonds is 27. The summed E-state index contributed by atoms with van der Waals surface area (Å²) in [4.78, 5) is 94.8. The highest BCUT2D eigenvalue weighted by molar-refractivity contribution is 6.14. The Balaban J connectivity index is 0.000000133. The molecule has 149 heavy (non-hydrogen) atoms. The molecule has 8 N–H and O–H groups in total. The number of pyridine rings is 6. The van der Waals surface area contributed by atoms with Gasteiger partial charge in [0.05, 0.1) is 122 Å². The maximum absolute atomic E-state index is 13.6. The van der Waals surface area contributed by atoms with E-state index in [1.807, 2.05) is 385 Å². The molecule has 0 fully saturated rings. The molecular weight excluding hydrogens is 1850 g/mol. The number of nitrogens with one attached hydrogen (secondary N) is 5. The summed E-state index contributed by atoms with van der Waals surface area (Å²) >= 11 is 0. The predicted molar refractivity (Wildman–Crippen MR) is 592 cm³/mol. The molecule has 0 aliphatic heterocycles. The van der Waals surface area contributed by atoms with Gasteiger partial charge in [0, 0.05) is 72.7 Å². The van der Waals surface area contributed by atoms with E-state index < -0.39 is 11.9 Å². The Hall–Kier alpha value is -19.0. The van der Waals surface area contributed by atoms with Gasteiger partial charge in [0.2, 0.25) is 0 Å². The Labute approximate surface area is 865 Å². The molecule has 21 heteroatoms. The number of benzene rings is 14. The number of carbonyl (C=O) groups excluding carboxylic acids is 5. The smallest absolute Gasteiger partial charge is 0.256 e. The molecule has 0 saturated carbocycles. The molecule has 6 aromatic heterocycles. The lowest BCUT2D eigenvalue weighted by atomic mass is 9.93. The van der Waals surface area contributed by atoms with Crippen molar-refractivity contribution in [3.63, 3.8) is 0 Å². The van der Waals surface area contributed by atoms with Crippen LogP contribution in [0.1, 0.15) is 188 Å². The first-order chi connectivity index (χ1) is 73.0. The maximum atomic E-state index is 13.6. The van der Waals surface area contributed by atoms with Gasteiger partial charge in [-0.25, -0.2) is 24.9 Å². The van der Waals surface area contributed by atoms with Gasteiger partial charge in [0.1, 0.15) is 17.1 Å². The molecule has 736 valence electrons. The number of aromatic nitrogens is 6. The molecule has 0 radical (unpaired) electrons. The molecule has 0 bridgehead atoms. The zero-order valence-electron chi connectivity index (χ0n) is 83.1. The van der Waals surface area contributed by atoms with E-state index in [2.05, 4.69) is 96.8 Å². The summed E-state index contributed by atoms with van der Waals surface area (Å²) < 4.78 is 0. The quantitative estimate of drug-likeness (QED) is 0.0237. The first-order valence-corrected chi connectivity index (χ1v) is 49.8. The summed E-state index contributed by atoms with van der Waals surface area (Å²) in [7, 11) is 0. The largest absolute Gasteiger partial charge is 0.505 e. The number of nitriles is 2. The van der Waals surface area contributed by atoms with Gasteiger partial charge in [-0.05, 0) is 108 Å². The lowest BCUT2D eigenvalue weighted by Crippen LogP contribution is -2.29. The lowest BCUT2D eigenvalue weighted by Gasteiger charge is -2.21. The minimum atomic E-state index is -0.491. The predicted octanol–water partition coefficient (Wildman–Crippen LogP) is 27.6. The van der Waals surface area contributed by atoms with Crippen molar-refractivity contribution in [2.45, 2.75) is 110 Å². The highest BCUT2D eigenvalue weighted by Gasteiger charge is 2.31. The van der Waals surface area contributed by atoms with E-state index >= 15 is 0 Å². The Morgan fingerprint density at radius 1 is 0.248 bits per heavy atom. The maximum Gasteiger partial charge on any atom is 0.256 e. The summed E-state index contributed by atoms with van der Waals surface area (Å²) in [5, 5.41) is 70.9. The summed E-state index contributed by atoms with van der Waals surface area (Å²) in [5.41, 5.74) is 18.9. The fraction of sp³-hybridized carbons (Fsp3) is 0.133. The standard InChI is InChI=1S/C27H23N3O.C27H26N2O.C25H19N3O2.C25H22N2O2.C24H21N3O2/c1-2-23(19-11-5-3-6-12-19)30-27(31)25-21-15-9-10-16-24(21)29-26(22(25)17-18-28)20-13-7-4-8-14-20;1-3-21-25(27(30)29-23(4-2)19-13-7-5-8-14-19)22-17-11-12-18-24(22)28-26(21)20-15-9-6-10-16-20;26-16-15-20(17-9-3-1-4-10-17)28-25(30)22-19-13-7-8-14-21(19)27-23(24(22)29)18-11-5-2-6-12-18;1-2-20(17-11-5-3-6-12-17)27-25(29)22-19-15-9-10-16-21(19)26-23(24(22)28)18-13-7-4-8-14-18;1-2-19(16-12-14-25-15-13-16)27-24(29)21-18-10-6-7-11-20(18)26-22(23(21)28)17-8-4-3-5-9-17/h3-16,23H,2,17H2,1H3,(H,30,31);5-18,23H,3-4H2,1-2H3,(H,29,30);1-14,20,29H,15H2,(H,28,30);3-16,20,28H,2H2,1H3,(H,27,29);3-15,19,28H,2H2,1H3,(H,27,29)/t2*23-;20-;;/m000../s1. The fourth-order valence-electron chi connectivity index (χ4n) is 18.5. The van der Waals surface area contributed by atoms with Crippen LogP contribution in [0.4, 0.5) is 0 Å². The molecule has 0 saturated heterocycles.